The molecule has 0 bridgehead atoms. The van der Waals surface area contributed by atoms with Gasteiger partial charge in [0.2, 0.25) is 0 Å². The molecule has 25 heavy (non-hydrogen) atoms. The van der Waals surface area contributed by atoms with Gasteiger partial charge in [-0.3, -0.25) is 4.98 Å². The molecule has 0 aliphatic carbocycles. The number of aryl methyl sites for hydroxylation is 1. The number of benzene rings is 1. The van der Waals surface area contributed by atoms with Gasteiger partial charge in [-0.2, -0.15) is 9.78 Å². The third kappa shape index (κ3) is 2.63. The topological polar surface area (TPSA) is 73.4 Å². The maximum atomic E-state index is 13.8. The highest BCUT2D eigenvalue weighted by Crippen LogP contribution is 2.25. The molecule has 1 aliphatic heterocycles. The first-order valence-corrected chi connectivity index (χ1v) is 8.03. The first-order chi connectivity index (χ1) is 12.2. The van der Waals surface area contributed by atoms with E-state index in [0.29, 0.717) is 30.2 Å². The van der Waals surface area contributed by atoms with Crippen molar-refractivity contribution in [3.05, 3.63) is 47.8 Å². The Morgan fingerprint density at radius 3 is 2.64 bits per heavy atom. The molecule has 0 N–H and O–H groups in total. The summed E-state index contributed by atoms with van der Waals surface area (Å²) in [6.07, 6.45) is 3.46. The van der Waals surface area contributed by atoms with E-state index in [9.17, 15) is 9.65 Å². The van der Waals surface area contributed by atoms with Crippen molar-refractivity contribution in [2.75, 3.05) is 36.0 Å². The summed E-state index contributed by atoms with van der Waals surface area (Å²) >= 11 is 0. The number of anilines is 2. The Bertz CT molecular complexity index is 967. The molecule has 4 rings (SSSR count). The van der Waals surface area contributed by atoms with E-state index in [1.165, 1.54) is 6.07 Å². The first kappa shape index (κ1) is 15.3. The minimum atomic E-state index is -0.477. The van der Waals surface area contributed by atoms with Crippen LogP contribution in [0.15, 0.2) is 30.6 Å². The number of hydrogen-bond donors (Lipinski definition) is 0. The van der Waals surface area contributed by atoms with Crippen molar-refractivity contribution in [3.8, 4) is 6.07 Å². The van der Waals surface area contributed by atoms with E-state index in [0.717, 1.165) is 18.9 Å². The van der Waals surface area contributed by atoms with E-state index < -0.39 is 5.82 Å². The molecular weight excluding hydrogens is 321 g/mol. The molecule has 0 radical (unpaired) electrons. The van der Waals surface area contributed by atoms with Gasteiger partial charge in [-0.1, -0.05) is 6.07 Å². The average Bonchev–Trinajstić information content (AvgIpc) is 3.02. The summed E-state index contributed by atoms with van der Waals surface area (Å²) < 4.78 is 15.6. The molecule has 0 saturated carbocycles. The summed E-state index contributed by atoms with van der Waals surface area (Å²) in [5.41, 5.74) is 1.47. The van der Waals surface area contributed by atoms with Gasteiger partial charge in [0, 0.05) is 26.2 Å². The normalized spacial score (nSPS) is 14.8. The molecule has 0 unspecified atom stereocenters. The maximum Gasteiger partial charge on any atom is 0.176 e. The number of rotatable bonds is 2. The van der Waals surface area contributed by atoms with Crippen LogP contribution in [0.25, 0.3) is 5.65 Å². The zero-order chi connectivity index (χ0) is 17.4. The number of nitriles is 1. The lowest BCUT2D eigenvalue weighted by atomic mass is 10.1. The van der Waals surface area contributed by atoms with Crippen LogP contribution < -0.4 is 9.80 Å². The molecule has 0 atom stereocenters. The van der Waals surface area contributed by atoms with Gasteiger partial charge in [-0.05, 0) is 19.1 Å². The second kappa shape index (κ2) is 6.02. The fourth-order valence-corrected chi connectivity index (χ4v) is 3.19. The monoisotopic (exact) mass is 337 g/mol. The Kier molecular flexibility index (Phi) is 3.69. The largest absolute Gasteiger partial charge is 0.367 e. The quantitative estimate of drug-likeness (QED) is 0.710. The maximum absolute atomic E-state index is 13.8. The van der Waals surface area contributed by atoms with Gasteiger partial charge < -0.3 is 9.80 Å². The molecule has 126 valence electrons. The zero-order valence-electron chi connectivity index (χ0n) is 13.7. The molecule has 3 aromatic rings. The molecular formula is C17H16FN7. The molecule has 0 amide bonds. The summed E-state index contributed by atoms with van der Waals surface area (Å²) in [4.78, 5) is 12.8. The van der Waals surface area contributed by atoms with E-state index >= 15 is 0 Å². The van der Waals surface area contributed by atoms with Crippen molar-refractivity contribution in [1.82, 2.24) is 19.6 Å². The lowest BCUT2D eigenvalue weighted by Crippen LogP contribution is -2.47. The second-order valence-electron chi connectivity index (χ2n) is 5.91. The van der Waals surface area contributed by atoms with Crippen LogP contribution in [-0.4, -0.2) is 45.8 Å². The molecule has 8 heteroatoms. The molecule has 1 fully saturated rings. The summed E-state index contributed by atoms with van der Waals surface area (Å²) in [6, 6.07) is 6.72. The highest BCUT2D eigenvalue weighted by molar-refractivity contribution is 5.61. The molecule has 3 heterocycles. The third-order valence-corrected chi connectivity index (χ3v) is 4.38. The molecule has 1 aromatic carbocycles. The fourth-order valence-electron chi connectivity index (χ4n) is 3.19. The highest BCUT2D eigenvalue weighted by Gasteiger charge is 2.22. The van der Waals surface area contributed by atoms with E-state index in [1.54, 1.807) is 29.0 Å². The number of aromatic nitrogens is 4. The van der Waals surface area contributed by atoms with E-state index in [-0.39, 0.29) is 5.56 Å². The van der Waals surface area contributed by atoms with Crippen LogP contribution in [0.3, 0.4) is 0 Å². The summed E-state index contributed by atoms with van der Waals surface area (Å²) in [5, 5.41) is 13.6. The van der Waals surface area contributed by atoms with Crippen molar-refractivity contribution in [1.29, 1.82) is 5.26 Å². The minimum absolute atomic E-state index is 0.103. The third-order valence-electron chi connectivity index (χ3n) is 4.38. The lowest BCUT2D eigenvalue weighted by molar-refractivity contribution is 0.613. The van der Waals surface area contributed by atoms with Gasteiger partial charge in [-0.25, -0.2) is 9.37 Å². The Hall–Kier alpha value is -3.21. The van der Waals surface area contributed by atoms with Gasteiger partial charge in [0.25, 0.3) is 0 Å². The van der Waals surface area contributed by atoms with Crippen LogP contribution in [-0.2, 0) is 0 Å². The summed E-state index contributed by atoms with van der Waals surface area (Å²) in [6.45, 7) is 4.66. The Morgan fingerprint density at radius 1 is 1.12 bits per heavy atom. The molecule has 2 aromatic heterocycles. The first-order valence-electron chi connectivity index (χ1n) is 8.03. The lowest BCUT2D eigenvalue weighted by Gasteiger charge is -2.37. The van der Waals surface area contributed by atoms with E-state index in [4.69, 9.17) is 0 Å². The van der Waals surface area contributed by atoms with Crippen molar-refractivity contribution in [3.63, 3.8) is 0 Å². The van der Waals surface area contributed by atoms with Crippen LogP contribution in [0.2, 0.25) is 0 Å². The second-order valence-corrected chi connectivity index (χ2v) is 5.91. The fraction of sp³-hybridized carbons (Fsp3) is 0.294. The Balaban J connectivity index is 1.58. The van der Waals surface area contributed by atoms with Crippen LogP contribution in [0, 0.1) is 24.1 Å². The predicted molar refractivity (Wildman–Crippen MR) is 91.1 cm³/mol. The summed E-state index contributed by atoms with van der Waals surface area (Å²) in [5.74, 6) is 1.11. The number of hydrogen-bond acceptors (Lipinski definition) is 6. The van der Waals surface area contributed by atoms with Gasteiger partial charge in [0.15, 0.2) is 11.5 Å². The van der Waals surface area contributed by atoms with Crippen LogP contribution in [0.1, 0.15) is 11.4 Å². The zero-order valence-corrected chi connectivity index (χ0v) is 13.7. The Labute approximate surface area is 143 Å². The van der Waals surface area contributed by atoms with Gasteiger partial charge >= 0.3 is 0 Å². The molecule has 0 spiro atoms. The highest BCUT2D eigenvalue weighted by atomic mass is 19.1. The SMILES string of the molecule is Cc1nc2cncc(N3CCN(c4cccc(F)c4C#N)CC3)n2n1. The van der Waals surface area contributed by atoms with Gasteiger partial charge in [0.05, 0.1) is 18.1 Å². The Morgan fingerprint density at radius 2 is 1.88 bits per heavy atom. The summed E-state index contributed by atoms with van der Waals surface area (Å²) in [7, 11) is 0. The van der Waals surface area contributed by atoms with Crippen LogP contribution >= 0.6 is 0 Å². The van der Waals surface area contributed by atoms with E-state index in [1.807, 2.05) is 17.9 Å². The smallest absolute Gasteiger partial charge is 0.176 e. The van der Waals surface area contributed by atoms with Crippen molar-refractivity contribution >= 4 is 17.2 Å². The number of fused-ring (bicyclic) bond motifs is 1. The van der Waals surface area contributed by atoms with Crippen molar-refractivity contribution in [2.45, 2.75) is 6.92 Å². The van der Waals surface area contributed by atoms with Crippen LogP contribution in [0.4, 0.5) is 15.9 Å². The van der Waals surface area contributed by atoms with Crippen molar-refractivity contribution < 1.29 is 4.39 Å². The van der Waals surface area contributed by atoms with Gasteiger partial charge in [0.1, 0.15) is 23.3 Å². The number of nitrogens with zero attached hydrogens (tertiary/aromatic N) is 7. The molecule has 1 saturated heterocycles. The number of piperazine rings is 1. The molecule has 1 aliphatic rings. The standard InChI is InChI=1S/C17H16FN7/c1-12-21-16-10-20-11-17(25(16)22-12)24-7-5-23(6-8-24)15-4-2-3-14(18)13(15)9-19/h2-4,10-11H,5-8H2,1H3. The number of halogens is 1. The average molecular weight is 337 g/mol. The van der Waals surface area contributed by atoms with Gasteiger partial charge in [-0.15, -0.1) is 5.10 Å². The van der Waals surface area contributed by atoms with E-state index in [2.05, 4.69) is 20.0 Å². The van der Waals surface area contributed by atoms with Crippen LogP contribution in [0.5, 0.6) is 0 Å². The predicted octanol–water partition coefficient (Wildman–Crippen LogP) is 1.77. The minimum Gasteiger partial charge on any atom is -0.367 e. The molecule has 7 nitrogen and oxygen atoms in total. The van der Waals surface area contributed by atoms with Crippen molar-refractivity contribution in [2.24, 2.45) is 0 Å².